The van der Waals surface area contributed by atoms with Gasteiger partial charge >= 0.3 is 0 Å². The van der Waals surface area contributed by atoms with E-state index in [9.17, 15) is 4.79 Å². The maximum absolute atomic E-state index is 13.5. The number of hydrogen-bond acceptors (Lipinski definition) is 3. The molecular weight excluding hydrogens is 396 g/mol. The van der Waals surface area contributed by atoms with Gasteiger partial charge in [0.05, 0.1) is 29.2 Å². The van der Waals surface area contributed by atoms with Gasteiger partial charge in [-0.3, -0.25) is 4.79 Å². The van der Waals surface area contributed by atoms with Crippen molar-refractivity contribution in [2.75, 3.05) is 0 Å². The summed E-state index contributed by atoms with van der Waals surface area (Å²) in [7, 11) is 0. The molecule has 1 atom stereocenters. The minimum atomic E-state index is -0.0827. The Balaban J connectivity index is 1.58. The van der Waals surface area contributed by atoms with E-state index in [4.69, 9.17) is 10.1 Å². The van der Waals surface area contributed by atoms with E-state index in [-0.39, 0.29) is 11.9 Å². The zero-order valence-electron chi connectivity index (χ0n) is 18.6. The lowest BCUT2D eigenvalue weighted by molar-refractivity contribution is 0.0941. The Hall–Kier alpha value is -3.47. The van der Waals surface area contributed by atoms with Gasteiger partial charge in [0.2, 0.25) is 0 Å². The fourth-order valence-electron chi connectivity index (χ4n) is 4.22. The van der Waals surface area contributed by atoms with Crippen LogP contribution in [-0.2, 0) is 13.0 Å². The smallest absolute Gasteiger partial charge is 0.252 e. The highest BCUT2D eigenvalue weighted by Gasteiger charge is 2.32. The molecule has 0 unspecified atom stereocenters. The van der Waals surface area contributed by atoms with Crippen molar-refractivity contribution < 1.29 is 4.79 Å². The van der Waals surface area contributed by atoms with Gasteiger partial charge in [-0.2, -0.15) is 5.10 Å². The van der Waals surface area contributed by atoms with Crippen molar-refractivity contribution in [2.24, 2.45) is 0 Å². The highest BCUT2D eigenvalue weighted by Crippen LogP contribution is 2.43. The highest BCUT2D eigenvalue weighted by molar-refractivity contribution is 6.07. The largest absolute Gasteiger partial charge is 0.345 e. The van der Waals surface area contributed by atoms with Crippen molar-refractivity contribution in [3.63, 3.8) is 0 Å². The van der Waals surface area contributed by atoms with E-state index in [2.05, 4.69) is 24.4 Å². The van der Waals surface area contributed by atoms with Crippen LogP contribution < -0.4 is 5.32 Å². The van der Waals surface area contributed by atoms with Gasteiger partial charge in [-0.25, -0.2) is 9.67 Å². The summed E-state index contributed by atoms with van der Waals surface area (Å²) in [6.45, 7) is 4.74. The average Bonchev–Trinajstić information content (AvgIpc) is 3.62. The highest BCUT2D eigenvalue weighted by atomic mass is 16.1. The van der Waals surface area contributed by atoms with Crippen LogP contribution >= 0.6 is 0 Å². The normalized spacial score (nSPS) is 14.4. The Labute approximate surface area is 188 Å². The molecule has 0 spiro atoms. The van der Waals surface area contributed by atoms with Crippen LogP contribution in [0.3, 0.4) is 0 Å². The number of nitrogens with zero attached hydrogens (tertiary/aromatic N) is 3. The van der Waals surface area contributed by atoms with Crippen molar-refractivity contribution in [1.82, 2.24) is 20.1 Å². The van der Waals surface area contributed by atoms with Gasteiger partial charge in [0.15, 0.2) is 5.65 Å². The first-order chi connectivity index (χ1) is 15.6. The lowest BCUT2D eigenvalue weighted by atomic mass is 10.0. The number of aromatic nitrogens is 3. The second kappa shape index (κ2) is 8.58. The molecule has 32 heavy (non-hydrogen) atoms. The molecule has 1 aliphatic carbocycles. The van der Waals surface area contributed by atoms with Gasteiger partial charge in [0.1, 0.15) is 0 Å². The third kappa shape index (κ3) is 4.03. The molecule has 0 radical (unpaired) electrons. The summed E-state index contributed by atoms with van der Waals surface area (Å²) in [6, 6.07) is 22.2. The van der Waals surface area contributed by atoms with E-state index in [0.717, 1.165) is 47.2 Å². The van der Waals surface area contributed by atoms with E-state index in [0.29, 0.717) is 18.0 Å². The zero-order chi connectivity index (χ0) is 22.1. The van der Waals surface area contributed by atoms with Crippen LogP contribution in [0.1, 0.15) is 71.5 Å². The minimum absolute atomic E-state index is 0.0652. The topological polar surface area (TPSA) is 59.8 Å². The summed E-state index contributed by atoms with van der Waals surface area (Å²) >= 11 is 0. The Bertz CT molecular complexity index is 1240. The minimum Gasteiger partial charge on any atom is -0.345 e. The number of hydrogen-bond donors (Lipinski definition) is 1. The van der Waals surface area contributed by atoms with Crippen molar-refractivity contribution >= 4 is 16.9 Å². The molecule has 2 aromatic heterocycles. The second-order valence-corrected chi connectivity index (χ2v) is 8.62. The molecule has 1 fully saturated rings. The molecule has 1 amide bonds. The van der Waals surface area contributed by atoms with Gasteiger partial charge < -0.3 is 5.32 Å². The SMILES string of the molecule is CCc1cc(C(=O)N[C@H](C)c2ccccc2)c2c(C3CC3)nn(Cc3ccccc3)c2n1. The van der Waals surface area contributed by atoms with Gasteiger partial charge in [-0.05, 0) is 43.4 Å². The number of amides is 1. The number of carbonyl (C=O) groups is 1. The third-order valence-electron chi connectivity index (χ3n) is 6.18. The number of carbonyl (C=O) groups excluding carboxylic acids is 1. The van der Waals surface area contributed by atoms with E-state index in [1.165, 1.54) is 5.56 Å². The molecule has 1 aliphatic rings. The van der Waals surface area contributed by atoms with Crippen LogP contribution in [0.4, 0.5) is 0 Å². The first-order valence-electron chi connectivity index (χ1n) is 11.4. The van der Waals surface area contributed by atoms with E-state index in [1.807, 2.05) is 66.2 Å². The Kier molecular flexibility index (Phi) is 5.48. The quantitative estimate of drug-likeness (QED) is 0.431. The summed E-state index contributed by atoms with van der Waals surface area (Å²) in [5.74, 6) is 0.353. The number of nitrogens with one attached hydrogen (secondary N) is 1. The summed E-state index contributed by atoms with van der Waals surface area (Å²) in [6.07, 6.45) is 3.00. The molecule has 2 aromatic carbocycles. The van der Waals surface area contributed by atoms with Crippen molar-refractivity contribution in [2.45, 2.75) is 51.6 Å². The molecule has 4 aromatic rings. The molecule has 0 bridgehead atoms. The maximum atomic E-state index is 13.5. The first-order valence-corrected chi connectivity index (χ1v) is 11.4. The van der Waals surface area contributed by atoms with E-state index < -0.39 is 0 Å². The predicted octanol–water partition coefficient (Wildman–Crippen LogP) is 5.41. The summed E-state index contributed by atoms with van der Waals surface area (Å²) in [5, 5.41) is 9.09. The second-order valence-electron chi connectivity index (χ2n) is 8.62. The lowest BCUT2D eigenvalue weighted by Gasteiger charge is -2.15. The molecule has 0 saturated heterocycles. The Morgan fingerprint density at radius 2 is 1.78 bits per heavy atom. The van der Waals surface area contributed by atoms with Crippen LogP contribution in [0.5, 0.6) is 0 Å². The van der Waals surface area contributed by atoms with Crippen LogP contribution in [0, 0.1) is 0 Å². The van der Waals surface area contributed by atoms with Gasteiger partial charge in [-0.1, -0.05) is 67.6 Å². The van der Waals surface area contributed by atoms with E-state index in [1.54, 1.807) is 0 Å². The first kappa shape index (κ1) is 20.4. The van der Waals surface area contributed by atoms with Crippen LogP contribution in [0.15, 0.2) is 66.7 Å². The number of aryl methyl sites for hydroxylation is 1. The monoisotopic (exact) mass is 424 g/mol. The maximum Gasteiger partial charge on any atom is 0.252 e. The zero-order valence-corrected chi connectivity index (χ0v) is 18.6. The van der Waals surface area contributed by atoms with Gasteiger partial charge in [0, 0.05) is 11.6 Å². The lowest BCUT2D eigenvalue weighted by Crippen LogP contribution is -2.27. The average molecular weight is 425 g/mol. The molecule has 1 N–H and O–H groups in total. The molecule has 5 heteroatoms. The number of rotatable bonds is 7. The Morgan fingerprint density at radius 3 is 2.44 bits per heavy atom. The van der Waals surface area contributed by atoms with Gasteiger partial charge in [0.25, 0.3) is 5.91 Å². The molecule has 0 aliphatic heterocycles. The molecule has 5 nitrogen and oxygen atoms in total. The predicted molar refractivity (Wildman–Crippen MR) is 127 cm³/mol. The van der Waals surface area contributed by atoms with Crippen LogP contribution in [0.25, 0.3) is 11.0 Å². The van der Waals surface area contributed by atoms with Crippen molar-refractivity contribution in [3.8, 4) is 0 Å². The fraction of sp³-hybridized carbons (Fsp3) is 0.296. The number of fused-ring (bicyclic) bond motifs is 1. The van der Waals surface area contributed by atoms with Crippen molar-refractivity contribution in [1.29, 1.82) is 0 Å². The Morgan fingerprint density at radius 1 is 1.09 bits per heavy atom. The van der Waals surface area contributed by atoms with Crippen LogP contribution in [0.2, 0.25) is 0 Å². The standard InChI is InChI=1S/C27H28N4O/c1-3-22-16-23(27(32)28-18(2)20-12-8-5-9-13-20)24-25(21-14-15-21)30-31(26(24)29-22)17-19-10-6-4-7-11-19/h4-13,16,18,21H,3,14-15,17H2,1-2H3,(H,28,32)/t18-/m1/s1. The summed E-state index contributed by atoms with van der Waals surface area (Å²) in [4.78, 5) is 18.4. The van der Waals surface area contributed by atoms with E-state index >= 15 is 0 Å². The molecule has 1 saturated carbocycles. The van der Waals surface area contributed by atoms with Crippen molar-refractivity contribution in [3.05, 3.63) is 94.8 Å². The third-order valence-corrected chi connectivity index (χ3v) is 6.18. The molecule has 5 rings (SSSR count). The van der Waals surface area contributed by atoms with Crippen LogP contribution in [-0.4, -0.2) is 20.7 Å². The van der Waals surface area contributed by atoms with Gasteiger partial charge in [-0.15, -0.1) is 0 Å². The fourth-order valence-corrected chi connectivity index (χ4v) is 4.22. The molecule has 162 valence electrons. The molecular formula is C27H28N4O. The number of benzene rings is 2. The number of pyridine rings is 1. The summed E-state index contributed by atoms with van der Waals surface area (Å²) in [5.41, 5.74) is 5.69. The summed E-state index contributed by atoms with van der Waals surface area (Å²) < 4.78 is 1.98. The molecule has 2 heterocycles.